The van der Waals surface area contributed by atoms with E-state index in [-0.39, 0.29) is 11.8 Å². The minimum absolute atomic E-state index is 0.00255. The first-order valence-electron chi connectivity index (χ1n) is 6.65. The summed E-state index contributed by atoms with van der Waals surface area (Å²) < 4.78 is 0. The van der Waals surface area contributed by atoms with E-state index in [9.17, 15) is 4.79 Å². The Morgan fingerprint density at radius 3 is 2.80 bits per heavy atom. The predicted molar refractivity (Wildman–Crippen MR) is 77.6 cm³/mol. The summed E-state index contributed by atoms with van der Waals surface area (Å²) in [6, 6.07) is 15.8. The normalized spacial score (nSPS) is 16.5. The van der Waals surface area contributed by atoms with E-state index in [4.69, 9.17) is 0 Å². The smallest absolute Gasteiger partial charge is 0.234 e. The van der Waals surface area contributed by atoms with Crippen molar-refractivity contribution in [3.63, 3.8) is 0 Å². The fourth-order valence-electron chi connectivity index (χ4n) is 2.71. The number of H-pyrrole nitrogens is 1. The van der Waals surface area contributed by atoms with Crippen molar-refractivity contribution in [1.82, 2.24) is 9.97 Å². The van der Waals surface area contributed by atoms with Crippen LogP contribution in [0, 0.1) is 0 Å². The van der Waals surface area contributed by atoms with Gasteiger partial charge in [0.1, 0.15) is 0 Å². The third kappa shape index (κ3) is 1.69. The van der Waals surface area contributed by atoms with Gasteiger partial charge < -0.3 is 4.98 Å². The van der Waals surface area contributed by atoms with Crippen LogP contribution in [-0.2, 0) is 11.2 Å². The van der Waals surface area contributed by atoms with E-state index < -0.39 is 0 Å². The van der Waals surface area contributed by atoms with Gasteiger partial charge in [0, 0.05) is 0 Å². The number of aromatic amines is 1. The molecule has 2 N–H and O–H groups in total. The van der Waals surface area contributed by atoms with Gasteiger partial charge in [0.05, 0.1) is 17.0 Å². The van der Waals surface area contributed by atoms with Crippen LogP contribution in [0.15, 0.2) is 48.5 Å². The lowest BCUT2D eigenvalue weighted by molar-refractivity contribution is -0.118. The van der Waals surface area contributed by atoms with Crippen molar-refractivity contribution in [3.8, 4) is 0 Å². The number of nitrogens with zero attached hydrogens (tertiary/aromatic N) is 1. The highest BCUT2D eigenvalue weighted by Crippen LogP contribution is 2.35. The molecular weight excluding hydrogens is 250 g/mol. The number of amides is 1. The first-order valence-corrected chi connectivity index (χ1v) is 6.65. The molecule has 0 bridgehead atoms. The molecule has 2 aromatic carbocycles. The van der Waals surface area contributed by atoms with Crippen molar-refractivity contribution in [3.05, 3.63) is 59.7 Å². The quantitative estimate of drug-likeness (QED) is 0.747. The molecule has 3 aromatic rings. The van der Waals surface area contributed by atoms with Crippen molar-refractivity contribution in [1.29, 1.82) is 0 Å². The van der Waals surface area contributed by atoms with Gasteiger partial charge >= 0.3 is 0 Å². The van der Waals surface area contributed by atoms with Gasteiger partial charge in [-0.2, -0.15) is 0 Å². The number of aromatic nitrogens is 2. The highest BCUT2D eigenvalue weighted by Gasteiger charge is 2.32. The third-order valence-electron chi connectivity index (χ3n) is 3.80. The fraction of sp³-hybridized carbons (Fsp3) is 0.125. The van der Waals surface area contributed by atoms with E-state index in [2.05, 4.69) is 21.4 Å². The Morgan fingerprint density at radius 2 is 1.95 bits per heavy atom. The Hall–Kier alpha value is -2.62. The number of hydrogen-bond acceptors (Lipinski definition) is 2. The molecule has 0 radical (unpaired) electrons. The highest BCUT2D eigenvalue weighted by molar-refractivity contribution is 5.97. The van der Waals surface area contributed by atoms with Gasteiger partial charge in [-0.25, -0.2) is 4.98 Å². The molecule has 1 aromatic heterocycles. The summed E-state index contributed by atoms with van der Waals surface area (Å²) in [5.74, 6) is 0.461. The van der Waals surface area contributed by atoms with Gasteiger partial charge in [0.15, 0.2) is 0 Å². The monoisotopic (exact) mass is 263 g/mol. The zero-order chi connectivity index (χ0) is 13.5. The van der Waals surface area contributed by atoms with E-state index in [1.807, 2.05) is 42.5 Å². The Labute approximate surface area is 115 Å². The molecule has 98 valence electrons. The molecule has 1 heterocycles. The lowest BCUT2D eigenvalue weighted by Crippen LogP contribution is -2.30. The van der Waals surface area contributed by atoms with Crippen LogP contribution in [0.1, 0.15) is 17.0 Å². The first kappa shape index (κ1) is 11.2. The maximum absolute atomic E-state index is 12.3. The van der Waals surface area contributed by atoms with Gasteiger partial charge in [0.25, 0.3) is 0 Å². The fourth-order valence-corrected chi connectivity index (χ4v) is 2.71. The molecule has 0 fully saturated rings. The minimum atomic E-state index is -0.0561. The number of rotatable bonds is 2. The summed E-state index contributed by atoms with van der Waals surface area (Å²) in [6.45, 7) is 0. The highest BCUT2D eigenvalue weighted by atomic mass is 16.2. The lowest BCUT2D eigenvalue weighted by Gasteiger charge is -2.28. The van der Waals surface area contributed by atoms with Crippen molar-refractivity contribution in [2.75, 3.05) is 5.32 Å². The number of hydrogen-bond donors (Lipinski definition) is 2. The van der Waals surface area contributed by atoms with E-state index in [0.717, 1.165) is 23.0 Å². The average Bonchev–Trinajstić information content (AvgIpc) is 2.82. The zero-order valence-corrected chi connectivity index (χ0v) is 10.8. The topological polar surface area (TPSA) is 57.8 Å². The summed E-state index contributed by atoms with van der Waals surface area (Å²) in [6.07, 6.45) is 0.808. The molecule has 0 saturated heterocycles. The Bertz CT molecular complexity index is 773. The summed E-state index contributed by atoms with van der Waals surface area (Å²) in [5, 5.41) is 2.87. The van der Waals surface area contributed by atoms with Gasteiger partial charge in [0.2, 0.25) is 11.9 Å². The molecule has 1 unspecified atom stereocenters. The number of nitrogens with one attached hydrogen (secondary N) is 2. The summed E-state index contributed by atoms with van der Waals surface area (Å²) in [5.41, 5.74) is 4.17. The summed E-state index contributed by atoms with van der Waals surface area (Å²) in [7, 11) is 0. The average molecular weight is 263 g/mol. The standard InChI is InChI=1S/C16H13N3O/c20-15(12-9-10-5-1-2-6-11(10)12)19-16-17-13-7-3-4-8-14(13)18-16/h1-8,12H,9H2,(H2,17,18,19,20). The van der Waals surface area contributed by atoms with Gasteiger partial charge in [-0.1, -0.05) is 36.4 Å². The maximum Gasteiger partial charge on any atom is 0.234 e. The molecule has 0 aliphatic heterocycles. The molecular formula is C16H13N3O. The Kier molecular flexibility index (Phi) is 2.36. The van der Waals surface area contributed by atoms with Crippen LogP contribution in [-0.4, -0.2) is 15.9 Å². The second kappa shape index (κ2) is 4.20. The third-order valence-corrected chi connectivity index (χ3v) is 3.80. The number of fused-ring (bicyclic) bond motifs is 2. The Morgan fingerprint density at radius 1 is 1.15 bits per heavy atom. The number of imidazole rings is 1. The van der Waals surface area contributed by atoms with Crippen LogP contribution in [0.3, 0.4) is 0 Å². The van der Waals surface area contributed by atoms with E-state index in [1.165, 1.54) is 5.56 Å². The van der Waals surface area contributed by atoms with Crippen LogP contribution >= 0.6 is 0 Å². The van der Waals surface area contributed by atoms with Crippen LogP contribution in [0.25, 0.3) is 11.0 Å². The van der Waals surface area contributed by atoms with Crippen LogP contribution in [0.5, 0.6) is 0 Å². The van der Waals surface area contributed by atoms with Gasteiger partial charge in [-0.05, 0) is 29.7 Å². The van der Waals surface area contributed by atoms with E-state index >= 15 is 0 Å². The maximum atomic E-state index is 12.3. The van der Waals surface area contributed by atoms with Crippen LogP contribution < -0.4 is 5.32 Å². The molecule has 1 aliphatic rings. The van der Waals surface area contributed by atoms with Crippen molar-refractivity contribution in [2.45, 2.75) is 12.3 Å². The molecule has 1 amide bonds. The molecule has 4 rings (SSSR count). The molecule has 0 saturated carbocycles. The number of carbonyl (C=O) groups excluding carboxylic acids is 1. The molecule has 4 nitrogen and oxygen atoms in total. The lowest BCUT2D eigenvalue weighted by atomic mass is 9.77. The summed E-state index contributed by atoms with van der Waals surface area (Å²) in [4.78, 5) is 19.7. The molecule has 20 heavy (non-hydrogen) atoms. The van der Waals surface area contributed by atoms with Gasteiger partial charge in [-0.15, -0.1) is 0 Å². The van der Waals surface area contributed by atoms with Crippen molar-refractivity contribution >= 4 is 22.9 Å². The minimum Gasteiger partial charge on any atom is -0.324 e. The summed E-state index contributed by atoms with van der Waals surface area (Å²) >= 11 is 0. The predicted octanol–water partition coefficient (Wildman–Crippen LogP) is 2.84. The van der Waals surface area contributed by atoms with Crippen LogP contribution in [0.2, 0.25) is 0 Å². The number of carbonyl (C=O) groups is 1. The zero-order valence-electron chi connectivity index (χ0n) is 10.8. The Balaban J connectivity index is 1.56. The van der Waals surface area contributed by atoms with E-state index in [0.29, 0.717) is 5.95 Å². The first-order chi connectivity index (χ1) is 9.81. The van der Waals surface area contributed by atoms with Crippen molar-refractivity contribution in [2.24, 2.45) is 0 Å². The molecule has 1 atom stereocenters. The number of anilines is 1. The van der Waals surface area contributed by atoms with Crippen LogP contribution in [0.4, 0.5) is 5.95 Å². The molecule has 0 spiro atoms. The van der Waals surface area contributed by atoms with Gasteiger partial charge in [-0.3, -0.25) is 10.1 Å². The van der Waals surface area contributed by atoms with Crippen molar-refractivity contribution < 1.29 is 4.79 Å². The second-order valence-electron chi connectivity index (χ2n) is 5.05. The number of para-hydroxylation sites is 2. The largest absolute Gasteiger partial charge is 0.324 e. The van der Waals surface area contributed by atoms with E-state index in [1.54, 1.807) is 0 Å². The molecule has 1 aliphatic carbocycles. The second-order valence-corrected chi connectivity index (χ2v) is 5.05. The number of benzene rings is 2. The SMILES string of the molecule is O=C(Nc1nc2ccccc2[nH]1)C1Cc2ccccc21. The molecule has 4 heteroatoms.